The predicted molar refractivity (Wildman–Crippen MR) is 106 cm³/mol. The van der Waals surface area contributed by atoms with E-state index in [1.807, 2.05) is 13.0 Å². The molecule has 0 unspecified atom stereocenters. The number of benzene rings is 1. The number of oxazole rings is 1. The number of alkyl halides is 2. The van der Waals surface area contributed by atoms with Crippen LogP contribution in [-0.2, 0) is 6.42 Å². The number of halogens is 2. The molecule has 3 aromatic rings. The lowest BCUT2D eigenvalue weighted by atomic mass is 10.1. The van der Waals surface area contributed by atoms with Gasteiger partial charge < -0.3 is 13.9 Å². The fraction of sp³-hybridized carbons (Fsp3) is 0.227. The second-order valence-electron chi connectivity index (χ2n) is 6.38. The fourth-order valence-electron chi connectivity index (χ4n) is 2.79. The minimum Gasteiger partial charge on any atom is -0.486 e. The van der Waals surface area contributed by atoms with E-state index in [2.05, 4.69) is 21.3 Å². The molecule has 3 rings (SSSR count). The van der Waals surface area contributed by atoms with Crippen molar-refractivity contribution >= 4 is 5.78 Å². The standard InChI is InChI=1S/C22H20F2N2O4/c1-3-11-28-19-12-15(6-9-18(19)30-22(23)24)21-26-16(13-29-21)7-8-17(27)20-14(2)5-4-10-25-20/h3-6,9-10,12-13,22H,1,7-8,11H2,2H3. The van der Waals surface area contributed by atoms with Crippen LogP contribution in [0.5, 0.6) is 11.5 Å². The Kier molecular flexibility index (Phi) is 6.90. The van der Waals surface area contributed by atoms with Gasteiger partial charge in [-0.3, -0.25) is 9.78 Å². The first-order valence-corrected chi connectivity index (χ1v) is 9.20. The molecule has 0 atom stereocenters. The molecule has 0 bridgehead atoms. The summed E-state index contributed by atoms with van der Waals surface area (Å²) in [4.78, 5) is 20.9. The molecule has 0 fully saturated rings. The zero-order chi connectivity index (χ0) is 21.5. The number of nitrogens with zero attached hydrogens (tertiary/aromatic N) is 2. The summed E-state index contributed by atoms with van der Waals surface area (Å²) < 4.78 is 40.5. The lowest BCUT2D eigenvalue weighted by Crippen LogP contribution is -2.06. The maximum atomic E-state index is 12.6. The van der Waals surface area contributed by atoms with Gasteiger partial charge in [0.25, 0.3) is 0 Å². The van der Waals surface area contributed by atoms with E-state index in [4.69, 9.17) is 9.15 Å². The normalized spacial score (nSPS) is 10.8. The van der Waals surface area contributed by atoms with Crippen molar-refractivity contribution in [3.63, 3.8) is 0 Å². The van der Waals surface area contributed by atoms with E-state index in [1.54, 1.807) is 12.3 Å². The van der Waals surface area contributed by atoms with E-state index >= 15 is 0 Å². The van der Waals surface area contributed by atoms with Crippen LogP contribution in [0.4, 0.5) is 8.78 Å². The van der Waals surface area contributed by atoms with Gasteiger partial charge in [-0.05, 0) is 36.8 Å². The Balaban J connectivity index is 1.72. The number of aromatic nitrogens is 2. The van der Waals surface area contributed by atoms with Crippen molar-refractivity contribution in [2.75, 3.05) is 6.61 Å². The number of Topliss-reactive ketones (excluding diaryl/α,β-unsaturated/α-hetero) is 1. The average Bonchev–Trinajstić information content (AvgIpc) is 3.20. The summed E-state index contributed by atoms with van der Waals surface area (Å²) in [5.74, 6) is 0.219. The molecule has 0 spiro atoms. The molecule has 30 heavy (non-hydrogen) atoms. The van der Waals surface area contributed by atoms with Crippen molar-refractivity contribution in [3.05, 3.63) is 72.4 Å². The summed E-state index contributed by atoms with van der Waals surface area (Å²) in [6, 6.07) is 8.01. The lowest BCUT2D eigenvalue weighted by Gasteiger charge is -2.11. The van der Waals surface area contributed by atoms with Crippen LogP contribution in [0.2, 0.25) is 0 Å². The summed E-state index contributed by atoms with van der Waals surface area (Å²) in [6.45, 7) is 2.51. The molecule has 0 aliphatic carbocycles. The maximum absolute atomic E-state index is 12.6. The van der Waals surface area contributed by atoms with Gasteiger partial charge >= 0.3 is 6.61 Å². The van der Waals surface area contributed by atoms with Crippen LogP contribution in [0.25, 0.3) is 11.5 Å². The SMILES string of the molecule is C=CCOc1cc(-c2nc(CCC(=O)c3ncccc3C)co2)ccc1OC(F)F. The van der Waals surface area contributed by atoms with Crippen LogP contribution >= 0.6 is 0 Å². The van der Waals surface area contributed by atoms with Gasteiger partial charge in [0.15, 0.2) is 17.3 Å². The van der Waals surface area contributed by atoms with Crippen LogP contribution < -0.4 is 9.47 Å². The predicted octanol–water partition coefficient (Wildman–Crippen LogP) is 5.03. The summed E-state index contributed by atoms with van der Waals surface area (Å²) in [7, 11) is 0. The minimum absolute atomic E-state index is 0.0775. The second-order valence-corrected chi connectivity index (χ2v) is 6.38. The van der Waals surface area contributed by atoms with Gasteiger partial charge in [0.1, 0.15) is 18.6 Å². The highest BCUT2D eigenvalue weighted by Crippen LogP contribution is 2.33. The molecule has 0 aliphatic rings. The molecular weight excluding hydrogens is 394 g/mol. The zero-order valence-electron chi connectivity index (χ0n) is 16.3. The Morgan fingerprint density at radius 3 is 2.87 bits per heavy atom. The number of aryl methyl sites for hydroxylation is 2. The molecule has 6 nitrogen and oxygen atoms in total. The Labute approximate surface area is 172 Å². The quantitative estimate of drug-likeness (QED) is 0.342. The highest BCUT2D eigenvalue weighted by atomic mass is 19.3. The first kappa shape index (κ1) is 21.2. The Hall–Kier alpha value is -3.55. The molecule has 1 aromatic carbocycles. The number of carbonyl (C=O) groups is 1. The van der Waals surface area contributed by atoms with Gasteiger partial charge in [-0.15, -0.1) is 0 Å². The molecule has 0 amide bonds. The van der Waals surface area contributed by atoms with E-state index < -0.39 is 6.61 Å². The van der Waals surface area contributed by atoms with E-state index in [-0.39, 0.29) is 36.2 Å². The van der Waals surface area contributed by atoms with Crippen molar-refractivity contribution < 1.29 is 27.5 Å². The minimum atomic E-state index is -2.98. The van der Waals surface area contributed by atoms with Gasteiger partial charge in [-0.1, -0.05) is 18.7 Å². The van der Waals surface area contributed by atoms with E-state index in [0.717, 1.165) is 5.56 Å². The highest BCUT2D eigenvalue weighted by molar-refractivity contribution is 5.95. The Bertz CT molecular complexity index is 1030. The van der Waals surface area contributed by atoms with Crippen LogP contribution in [-0.4, -0.2) is 29.0 Å². The smallest absolute Gasteiger partial charge is 0.387 e. The number of hydrogen-bond donors (Lipinski definition) is 0. The van der Waals surface area contributed by atoms with Gasteiger partial charge in [-0.25, -0.2) is 4.98 Å². The lowest BCUT2D eigenvalue weighted by molar-refractivity contribution is -0.0513. The topological polar surface area (TPSA) is 74.5 Å². The molecule has 8 heteroatoms. The van der Waals surface area contributed by atoms with Crippen LogP contribution in [0, 0.1) is 6.92 Å². The Morgan fingerprint density at radius 1 is 1.30 bits per heavy atom. The molecule has 2 aromatic heterocycles. The third kappa shape index (κ3) is 5.28. The van der Waals surface area contributed by atoms with Gasteiger partial charge in [-0.2, -0.15) is 8.78 Å². The summed E-state index contributed by atoms with van der Waals surface area (Å²) in [6.07, 6.45) is 5.15. The van der Waals surface area contributed by atoms with Crippen molar-refractivity contribution in [2.45, 2.75) is 26.4 Å². The molecule has 0 aliphatic heterocycles. The number of ether oxygens (including phenoxy) is 2. The number of rotatable bonds is 10. The number of ketones is 1. The van der Waals surface area contributed by atoms with Crippen LogP contribution in [0.1, 0.15) is 28.2 Å². The molecule has 0 N–H and O–H groups in total. The van der Waals surface area contributed by atoms with E-state index in [9.17, 15) is 13.6 Å². The second kappa shape index (κ2) is 9.78. The molecule has 156 valence electrons. The van der Waals surface area contributed by atoms with E-state index in [1.165, 1.54) is 30.5 Å². The van der Waals surface area contributed by atoms with Gasteiger partial charge in [0.05, 0.1) is 5.69 Å². The molecule has 0 saturated carbocycles. The van der Waals surface area contributed by atoms with Gasteiger partial charge in [0.2, 0.25) is 5.89 Å². The fourth-order valence-corrected chi connectivity index (χ4v) is 2.79. The summed E-state index contributed by atoms with van der Waals surface area (Å²) >= 11 is 0. The first-order valence-electron chi connectivity index (χ1n) is 9.20. The summed E-state index contributed by atoms with van der Waals surface area (Å²) in [5.41, 5.74) is 2.38. The van der Waals surface area contributed by atoms with Crippen molar-refractivity contribution in [1.29, 1.82) is 0 Å². The third-order valence-corrected chi connectivity index (χ3v) is 4.20. The zero-order valence-corrected chi connectivity index (χ0v) is 16.3. The third-order valence-electron chi connectivity index (χ3n) is 4.20. The molecule has 0 radical (unpaired) electrons. The van der Waals surface area contributed by atoms with Crippen molar-refractivity contribution in [2.24, 2.45) is 0 Å². The highest BCUT2D eigenvalue weighted by Gasteiger charge is 2.16. The van der Waals surface area contributed by atoms with E-state index in [0.29, 0.717) is 23.4 Å². The van der Waals surface area contributed by atoms with Crippen molar-refractivity contribution in [1.82, 2.24) is 9.97 Å². The van der Waals surface area contributed by atoms with Gasteiger partial charge in [0, 0.05) is 24.6 Å². The first-order chi connectivity index (χ1) is 14.5. The van der Waals surface area contributed by atoms with Crippen LogP contribution in [0.15, 0.2) is 59.9 Å². The molecular formula is C22H20F2N2O4. The molecule has 2 heterocycles. The monoisotopic (exact) mass is 414 g/mol. The summed E-state index contributed by atoms with van der Waals surface area (Å²) in [5, 5.41) is 0. The largest absolute Gasteiger partial charge is 0.486 e. The maximum Gasteiger partial charge on any atom is 0.387 e. The average molecular weight is 414 g/mol. The Morgan fingerprint density at radius 2 is 2.13 bits per heavy atom. The van der Waals surface area contributed by atoms with Crippen LogP contribution in [0.3, 0.4) is 0 Å². The van der Waals surface area contributed by atoms with Crippen molar-refractivity contribution in [3.8, 4) is 23.0 Å². The molecule has 0 saturated heterocycles. The number of hydrogen-bond acceptors (Lipinski definition) is 6. The number of carbonyl (C=O) groups excluding carboxylic acids is 1. The number of pyridine rings is 1.